The van der Waals surface area contributed by atoms with Gasteiger partial charge in [-0.15, -0.1) is 0 Å². The van der Waals surface area contributed by atoms with Crippen molar-refractivity contribution in [2.24, 2.45) is 0 Å². The fourth-order valence-corrected chi connectivity index (χ4v) is 3.95. The molecule has 0 spiro atoms. The quantitative estimate of drug-likeness (QED) is 0.472. The van der Waals surface area contributed by atoms with Crippen LogP contribution in [0.3, 0.4) is 0 Å². The zero-order chi connectivity index (χ0) is 24.6. The summed E-state index contributed by atoms with van der Waals surface area (Å²) in [6.07, 6.45) is 0. The number of hydrogen-bond donors (Lipinski definition) is 2. The second kappa shape index (κ2) is 9.15. The SMILES string of the molecule is Cc1ccc(C)c(NC(=O)c2cccc(NC3=C(Cl)C(=O)N(c4cc(C)ccc4C)C3=O)c2)c1. The molecular formula is C27H24ClN3O3. The third-order valence-electron chi connectivity index (χ3n) is 5.67. The number of benzene rings is 3. The molecule has 1 aliphatic heterocycles. The fraction of sp³-hybridized carbons (Fsp3) is 0.148. The van der Waals surface area contributed by atoms with Crippen molar-refractivity contribution in [1.29, 1.82) is 0 Å². The van der Waals surface area contributed by atoms with Crippen LogP contribution in [0.15, 0.2) is 71.4 Å². The van der Waals surface area contributed by atoms with Crippen molar-refractivity contribution in [3.8, 4) is 0 Å². The van der Waals surface area contributed by atoms with Crippen LogP contribution in [-0.4, -0.2) is 17.7 Å². The van der Waals surface area contributed by atoms with Gasteiger partial charge >= 0.3 is 0 Å². The third kappa shape index (κ3) is 4.45. The van der Waals surface area contributed by atoms with Gasteiger partial charge in [-0.25, -0.2) is 4.90 Å². The zero-order valence-corrected chi connectivity index (χ0v) is 20.1. The highest BCUT2D eigenvalue weighted by atomic mass is 35.5. The van der Waals surface area contributed by atoms with E-state index in [9.17, 15) is 14.4 Å². The van der Waals surface area contributed by atoms with Crippen LogP contribution in [0.4, 0.5) is 17.1 Å². The molecule has 0 unspecified atom stereocenters. The molecule has 3 aromatic carbocycles. The van der Waals surface area contributed by atoms with Gasteiger partial charge in [-0.3, -0.25) is 14.4 Å². The number of amides is 3. The normalized spacial score (nSPS) is 13.5. The van der Waals surface area contributed by atoms with Crippen molar-refractivity contribution in [2.45, 2.75) is 27.7 Å². The largest absolute Gasteiger partial charge is 0.350 e. The monoisotopic (exact) mass is 473 g/mol. The maximum absolute atomic E-state index is 13.1. The lowest BCUT2D eigenvalue weighted by atomic mass is 10.1. The van der Waals surface area contributed by atoms with E-state index in [4.69, 9.17) is 11.6 Å². The highest BCUT2D eigenvalue weighted by molar-refractivity contribution is 6.53. The number of carbonyl (C=O) groups is 3. The maximum atomic E-state index is 13.1. The summed E-state index contributed by atoms with van der Waals surface area (Å²) in [4.78, 5) is 39.9. The second-order valence-corrected chi connectivity index (χ2v) is 8.78. The number of carbonyl (C=O) groups excluding carboxylic acids is 3. The van der Waals surface area contributed by atoms with Gasteiger partial charge in [0.25, 0.3) is 17.7 Å². The Bertz CT molecular complexity index is 1380. The summed E-state index contributed by atoms with van der Waals surface area (Å²) in [6, 6.07) is 18.0. The van der Waals surface area contributed by atoms with Crippen LogP contribution >= 0.6 is 11.6 Å². The van der Waals surface area contributed by atoms with Gasteiger partial charge in [0, 0.05) is 16.9 Å². The van der Waals surface area contributed by atoms with Crippen LogP contribution in [0.5, 0.6) is 0 Å². The molecule has 0 aliphatic carbocycles. The molecule has 7 heteroatoms. The fourth-order valence-electron chi connectivity index (χ4n) is 3.74. The second-order valence-electron chi connectivity index (χ2n) is 8.40. The molecule has 1 heterocycles. The Morgan fingerprint density at radius 2 is 1.50 bits per heavy atom. The Hall–Kier alpha value is -3.90. The van der Waals surface area contributed by atoms with Gasteiger partial charge in [0.1, 0.15) is 10.7 Å². The van der Waals surface area contributed by atoms with Crippen molar-refractivity contribution in [2.75, 3.05) is 15.5 Å². The molecule has 0 saturated heterocycles. The average molecular weight is 474 g/mol. The Labute approximate surface area is 203 Å². The van der Waals surface area contributed by atoms with Crippen LogP contribution < -0.4 is 15.5 Å². The van der Waals surface area contributed by atoms with E-state index in [2.05, 4.69) is 10.6 Å². The first kappa shape index (κ1) is 23.3. The summed E-state index contributed by atoms with van der Waals surface area (Å²) in [5.41, 5.74) is 5.74. The van der Waals surface area contributed by atoms with Crippen LogP contribution in [-0.2, 0) is 9.59 Å². The minimum absolute atomic E-state index is 0.0281. The number of rotatable bonds is 5. The molecule has 6 nitrogen and oxygen atoms in total. The van der Waals surface area contributed by atoms with E-state index in [0.717, 1.165) is 32.8 Å². The molecule has 3 amide bonds. The number of hydrogen-bond acceptors (Lipinski definition) is 4. The topological polar surface area (TPSA) is 78.5 Å². The van der Waals surface area contributed by atoms with Gasteiger partial charge in [-0.1, -0.05) is 41.9 Å². The Morgan fingerprint density at radius 1 is 0.824 bits per heavy atom. The van der Waals surface area contributed by atoms with E-state index in [1.54, 1.807) is 30.3 Å². The van der Waals surface area contributed by atoms with Crippen molar-refractivity contribution in [3.63, 3.8) is 0 Å². The number of imide groups is 1. The summed E-state index contributed by atoms with van der Waals surface area (Å²) >= 11 is 6.28. The average Bonchev–Trinajstić information content (AvgIpc) is 3.01. The lowest BCUT2D eigenvalue weighted by Crippen LogP contribution is -2.33. The number of nitrogens with zero attached hydrogens (tertiary/aromatic N) is 1. The van der Waals surface area contributed by atoms with E-state index >= 15 is 0 Å². The molecule has 0 saturated carbocycles. The van der Waals surface area contributed by atoms with E-state index < -0.39 is 11.8 Å². The van der Waals surface area contributed by atoms with Crippen LogP contribution in [0, 0.1) is 27.7 Å². The molecule has 0 aromatic heterocycles. The standard InChI is InChI=1S/C27H24ClN3O3/c1-15-8-10-17(3)21(12-15)30-25(32)19-6-5-7-20(14-19)29-24-23(28)26(33)31(27(24)34)22-13-16(2)9-11-18(22)4/h5-14,29H,1-4H3,(H,30,32). The molecule has 4 rings (SSSR count). The molecule has 0 bridgehead atoms. The molecule has 2 N–H and O–H groups in total. The minimum Gasteiger partial charge on any atom is -0.350 e. The van der Waals surface area contributed by atoms with Crippen LogP contribution in [0.25, 0.3) is 0 Å². The summed E-state index contributed by atoms with van der Waals surface area (Å²) < 4.78 is 0. The van der Waals surface area contributed by atoms with E-state index in [0.29, 0.717) is 16.9 Å². The van der Waals surface area contributed by atoms with Crippen LogP contribution in [0.2, 0.25) is 0 Å². The van der Waals surface area contributed by atoms with Gasteiger partial charge in [-0.05, 0) is 80.3 Å². The summed E-state index contributed by atoms with van der Waals surface area (Å²) in [6.45, 7) is 7.59. The minimum atomic E-state index is -0.591. The molecule has 3 aromatic rings. The van der Waals surface area contributed by atoms with Crippen molar-refractivity contribution >= 4 is 46.4 Å². The summed E-state index contributed by atoms with van der Waals surface area (Å²) in [7, 11) is 0. The number of aryl methyl sites for hydroxylation is 4. The molecule has 1 aliphatic rings. The number of anilines is 3. The first-order valence-electron chi connectivity index (χ1n) is 10.8. The third-order valence-corrected chi connectivity index (χ3v) is 6.02. The summed E-state index contributed by atoms with van der Waals surface area (Å²) in [5, 5.41) is 5.66. The van der Waals surface area contributed by atoms with E-state index in [1.807, 2.05) is 58.0 Å². The highest BCUT2D eigenvalue weighted by Gasteiger charge is 2.39. The first-order chi connectivity index (χ1) is 16.2. The summed E-state index contributed by atoms with van der Waals surface area (Å²) in [5.74, 6) is -1.43. The zero-order valence-electron chi connectivity index (χ0n) is 19.3. The van der Waals surface area contributed by atoms with Crippen molar-refractivity contribution < 1.29 is 14.4 Å². The van der Waals surface area contributed by atoms with E-state index in [1.165, 1.54) is 0 Å². The molecule has 0 fully saturated rings. The maximum Gasteiger partial charge on any atom is 0.283 e. The predicted molar refractivity (Wildman–Crippen MR) is 135 cm³/mol. The van der Waals surface area contributed by atoms with E-state index in [-0.39, 0.29) is 16.6 Å². The molecule has 0 atom stereocenters. The molecule has 172 valence electrons. The first-order valence-corrected chi connectivity index (χ1v) is 11.1. The Kier molecular flexibility index (Phi) is 6.26. The van der Waals surface area contributed by atoms with Crippen molar-refractivity contribution in [1.82, 2.24) is 0 Å². The number of halogens is 1. The van der Waals surface area contributed by atoms with Gasteiger partial charge in [0.2, 0.25) is 0 Å². The van der Waals surface area contributed by atoms with Gasteiger partial charge in [0.05, 0.1) is 5.69 Å². The van der Waals surface area contributed by atoms with Gasteiger partial charge < -0.3 is 10.6 Å². The molecule has 0 radical (unpaired) electrons. The Balaban J connectivity index is 1.57. The number of nitrogens with one attached hydrogen (secondary N) is 2. The molecule has 34 heavy (non-hydrogen) atoms. The van der Waals surface area contributed by atoms with Gasteiger partial charge in [-0.2, -0.15) is 0 Å². The van der Waals surface area contributed by atoms with Gasteiger partial charge in [0.15, 0.2) is 0 Å². The van der Waals surface area contributed by atoms with Crippen molar-refractivity contribution in [3.05, 3.63) is 99.2 Å². The Morgan fingerprint density at radius 3 is 2.24 bits per heavy atom. The highest BCUT2D eigenvalue weighted by Crippen LogP contribution is 2.32. The lowest BCUT2D eigenvalue weighted by molar-refractivity contribution is -0.120. The lowest BCUT2D eigenvalue weighted by Gasteiger charge is -2.18. The van der Waals surface area contributed by atoms with Crippen LogP contribution in [0.1, 0.15) is 32.6 Å². The molecular weight excluding hydrogens is 450 g/mol. The predicted octanol–water partition coefficient (Wildman–Crippen LogP) is 5.61. The smallest absolute Gasteiger partial charge is 0.283 e.